The van der Waals surface area contributed by atoms with Gasteiger partial charge in [-0.2, -0.15) is 0 Å². The molecule has 16 nitrogen and oxygen atoms in total. The van der Waals surface area contributed by atoms with Crippen LogP contribution in [-0.2, 0) is 47.7 Å². The van der Waals surface area contributed by atoms with Crippen LogP contribution in [-0.4, -0.2) is 156 Å². The second kappa shape index (κ2) is 61.1. The molecule has 0 aliphatic carbocycles. The van der Waals surface area contributed by atoms with Crippen molar-refractivity contribution in [3.05, 3.63) is 12.7 Å². The summed E-state index contributed by atoms with van der Waals surface area (Å²) in [7, 11) is 11.9. The average Bonchev–Trinajstić information content (AvgIpc) is 4.22. The van der Waals surface area contributed by atoms with E-state index >= 15 is 0 Å². The molecule has 23 heteroatoms. The maximum Gasteiger partial charge on any atom is 0.303 e. The SMILES string of the molecule is C.C=CCNC(=O)CCCCCOCCOCCCNC(=O)CCCC[C@@H]1CCSS1.CCC(=O)O.F.O=C(O)CCCCCOCCOCCCNC(=O)CCCC[C@@H]1CCSS1.O=C(O)CCCC[C@@H]1CCSS1. The van der Waals surface area contributed by atoms with E-state index in [9.17, 15) is 28.8 Å². The summed E-state index contributed by atoms with van der Waals surface area (Å²) in [4.78, 5) is 64.8. The summed E-state index contributed by atoms with van der Waals surface area (Å²) in [6.45, 7) is 11.9. The summed E-state index contributed by atoms with van der Waals surface area (Å²) in [6, 6.07) is 0. The van der Waals surface area contributed by atoms with Gasteiger partial charge in [-0.15, -0.1) is 6.58 Å². The number of hydrogen-bond acceptors (Lipinski definition) is 16. The van der Waals surface area contributed by atoms with Gasteiger partial charge in [-0.25, -0.2) is 0 Å². The molecule has 6 N–H and O–H groups in total. The molecular weight excluding hydrogens is 1100 g/mol. The lowest BCUT2D eigenvalue weighted by molar-refractivity contribution is -0.138. The Bertz CT molecular complexity index is 1400. The van der Waals surface area contributed by atoms with E-state index in [0.717, 1.165) is 99.2 Å². The molecular formula is C53H100FN3O13S6. The minimum Gasteiger partial charge on any atom is -0.481 e. The number of unbranched alkanes of at least 4 members (excludes halogenated alkanes) is 7. The summed E-state index contributed by atoms with van der Waals surface area (Å²) in [5, 5.41) is 35.7. The number of carboxylic acid groups (broad SMARTS) is 3. The van der Waals surface area contributed by atoms with Crippen molar-refractivity contribution in [1.82, 2.24) is 16.0 Å². The van der Waals surface area contributed by atoms with Crippen LogP contribution in [0.15, 0.2) is 12.7 Å². The number of aliphatic carboxylic acids is 3. The fourth-order valence-corrected chi connectivity index (χ4v) is 16.0. The highest BCUT2D eigenvalue weighted by molar-refractivity contribution is 8.78. The molecule has 3 atom stereocenters. The van der Waals surface area contributed by atoms with E-state index in [1.807, 2.05) is 64.8 Å². The molecule has 3 aliphatic rings. The highest BCUT2D eigenvalue weighted by atomic mass is 33.1. The van der Waals surface area contributed by atoms with Gasteiger partial charge in [0.05, 0.1) is 26.4 Å². The third-order valence-electron chi connectivity index (χ3n) is 11.1. The Labute approximate surface area is 480 Å². The number of halogens is 1. The van der Waals surface area contributed by atoms with Crippen LogP contribution >= 0.6 is 64.8 Å². The van der Waals surface area contributed by atoms with Crippen LogP contribution in [0.5, 0.6) is 0 Å². The van der Waals surface area contributed by atoms with Crippen LogP contribution in [0.2, 0.25) is 0 Å². The molecule has 3 amide bonds. The zero-order chi connectivity index (χ0) is 54.4. The van der Waals surface area contributed by atoms with Crippen molar-refractivity contribution in [2.75, 3.05) is 89.7 Å². The number of carbonyl (C=O) groups excluding carboxylic acids is 3. The predicted molar refractivity (Wildman–Crippen MR) is 322 cm³/mol. The molecule has 3 heterocycles. The Morgan fingerprint density at radius 3 is 1.09 bits per heavy atom. The molecule has 76 heavy (non-hydrogen) atoms. The van der Waals surface area contributed by atoms with Gasteiger partial charge in [0.15, 0.2) is 0 Å². The van der Waals surface area contributed by atoms with Gasteiger partial charge in [0.1, 0.15) is 0 Å². The normalized spacial score (nSPS) is 16.2. The lowest BCUT2D eigenvalue weighted by Crippen LogP contribution is -2.25. The van der Waals surface area contributed by atoms with E-state index in [1.54, 1.807) is 13.0 Å². The largest absolute Gasteiger partial charge is 0.481 e. The Balaban J connectivity index is -0.00000106. The second-order valence-corrected chi connectivity index (χ2v) is 26.2. The first kappa shape index (κ1) is 78.7. The molecule has 0 aromatic heterocycles. The quantitative estimate of drug-likeness (QED) is 0.0189. The number of carbonyl (C=O) groups is 6. The number of nitrogens with one attached hydrogen (secondary N) is 3. The van der Waals surface area contributed by atoms with Crippen molar-refractivity contribution in [3.63, 3.8) is 0 Å². The van der Waals surface area contributed by atoms with Gasteiger partial charge in [0.25, 0.3) is 0 Å². The molecule has 448 valence electrons. The summed E-state index contributed by atoms with van der Waals surface area (Å²) >= 11 is 0. The first-order valence-electron chi connectivity index (χ1n) is 27.2. The van der Waals surface area contributed by atoms with Crippen molar-refractivity contribution in [2.45, 2.75) is 197 Å². The van der Waals surface area contributed by atoms with Crippen LogP contribution in [0, 0.1) is 0 Å². The highest BCUT2D eigenvalue weighted by Crippen LogP contribution is 2.41. The molecule has 0 radical (unpaired) electrons. The Morgan fingerprint density at radius 1 is 0.461 bits per heavy atom. The van der Waals surface area contributed by atoms with Crippen LogP contribution < -0.4 is 16.0 Å². The predicted octanol–water partition coefficient (Wildman–Crippen LogP) is 12.0. The molecule has 0 bridgehead atoms. The number of rotatable bonds is 44. The van der Waals surface area contributed by atoms with E-state index in [0.29, 0.717) is 105 Å². The van der Waals surface area contributed by atoms with Gasteiger partial charge in [0.2, 0.25) is 17.7 Å². The number of amides is 3. The number of ether oxygens (including phenoxy) is 4. The van der Waals surface area contributed by atoms with Gasteiger partial charge in [-0.05, 0) is 96.3 Å². The summed E-state index contributed by atoms with van der Waals surface area (Å²) in [6.07, 6.45) is 25.1. The van der Waals surface area contributed by atoms with E-state index < -0.39 is 17.9 Å². The molecule has 3 fully saturated rings. The lowest BCUT2D eigenvalue weighted by atomic mass is 10.1. The average molecular weight is 1200 g/mol. The van der Waals surface area contributed by atoms with E-state index in [1.165, 1.54) is 55.8 Å². The Morgan fingerprint density at radius 2 is 0.776 bits per heavy atom. The van der Waals surface area contributed by atoms with Crippen molar-refractivity contribution in [2.24, 2.45) is 0 Å². The fraction of sp³-hybridized carbons (Fsp3) is 0.849. The molecule has 3 rings (SSSR count). The molecule has 0 saturated carbocycles. The molecule has 0 aromatic carbocycles. The zero-order valence-corrected chi connectivity index (χ0v) is 50.0. The first-order chi connectivity index (χ1) is 36.0. The minimum absolute atomic E-state index is 0. The summed E-state index contributed by atoms with van der Waals surface area (Å²) in [5.74, 6) is 2.07. The third kappa shape index (κ3) is 60.1. The van der Waals surface area contributed by atoms with Crippen molar-refractivity contribution in [3.8, 4) is 0 Å². The monoisotopic (exact) mass is 1200 g/mol. The van der Waals surface area contributed by atoms with Gasteiger partial charge >= 0.3 is 17.9 Å². The number of carboxylic acids is 3. The van der Waals surface area contributed by atoms with Crippen LogP contribution in [0.4, 0.5) is 4.70 Å². The van der Waals surface area contributed by atoms with Gasteiger partial charge in [-0.1, -0.05) is 117 Å². The number of hydrogen-bond donors (Lipinski definition) is 6. The maximum absolute atomic E-state index is 11.8. The standard InChI is InChI=1S/C22H40N2O4S2.C19H35NO5S2.C8H14O2S2.C3H6O2.CH4.FH/c1-2-13-23-21(25)10-4-3-7-15-27-17-18-28-16-8-14-24-22(26)11-6-5-9-20-12-19-29-30-20;21-18(8-4-3-7-17-10-16-26-27-17)20-11-6-13-25-15-14-24-12-5-1-2-9-19(22)23;9-8(10)4-2-1-3-7-5-6-11-12-7;1-2-3(4)5;;/h2,20H,1,3-19H2,(H,23,25)(H,24,26);17H,1-16H2,(H,20,21)(H,22,23);7H,1-6H2,(H,9,10);2H2,1H3,(H,4,5);1H4;1H/t20-;17-;7-;;;/m111.../s1. The van der Waals surface area contributed by atoms with Crippen LogP contribution in [0.1, 0.15) is 181 Å². The van der Waals surface area contributed by atoms with E-state index in [4.69, 9.17) is 34.3 Å². The molecule has 0 spiro atoms. The van der Waals surface area contributed by atoms with Crippen molar-refractivity contribution in [1.29, 1.82) is 0 Å². The topological polar surface area (TPSA) is 236 Å². The van der Waals surface area contributed by atoms with Crippen LogP contribution in [0.25, 0.3) is 0 Å². The smallest absolute Gasteiger partial charge is 0.303 e. The second-order valence-electron chi connectivity index (χ2n) is 17.8. The maximum atomic E-state index is 11.8. The van der Waals surface area contributed by atoms with Crippen molar-refractivity contribution >= 4 is 100 Å². The zero-order valence-electron chi connectivity index (χ0n) is 45.1. The third-order valence-corrected chi connectivity index (χ3v) is 20.2. The molecule has 0 aromatic rings. The van der Waals surface area contributed by atoms with Gasteiger partial charge < -0.3 is 50.2 Å². The lowest BCUT2D eigenvalue weighted by Gasteiger charge is -2.08. The van der Waals surface area contributed by atoms with Gasteiger partial charge in [0, 0.05) is 118 Å². The highest BCUT2D eigenvalue weighted by Gasteiger charge is 2.18. The Kier molecular flexibility index (Phi) is 63.2. The summed E-state index contributed by atoms with van der Waals surface area (Å²) < 4.78 is 22.0. The first-order valence-corrected chi connectivity index (χ1v) is 34.3. The van der Waals surface area contributed by atoms with E-state index in [2.05, 4.69) is 22.5 Å². The van der Waals surface area contributed by atoms with E-state index in [-0.39, 0.29) is 42.7 Å². The molecule has 0 unspecified atom stereocenters. The molecule has 3 aliphatic heterocycles. The van der Waals surface area contributed by atoms with Crippen molar-refractivity contribution < 1.29 is 67.7 Å². The fourth-order valence-electron chi connectivity index (χ4n) is 6.88. The Hall–Kier alpha value is -1.57. The van der Waals surface area contributed by atoms with Crippen LogP contribution in [0.3, 0.4) is 0 Å². The van der Waals surface area contributed by atoms with Gasteiger partial charge in [-0.3, -0.25) is 33.5 Å². The minimum atomic E-state index is -0.745. The molecule has 3 saturated heterocycles. The summed E-state index contributed by atoms with van der Waals surface area (Å²) in [5.41, 5.74) is 0.